The van der Waals surface area contributed by atoms with Crippen LogP contribution in [0.4, 0.5) is 0 Å². The van der Waals surface area contributed by atoms with E-state index in [0.29, 0.717) is 10.8 Å². The van der Waals surface area contributed by atoms with Crippen molar-refractivity contribution >= 4 is 17.3 Å². The maximum Gasteiger partial charge on any atom is 0.349 e. The number of hydrogen-bond acceptors (Lipinski definition) is 4. The third-order valence-corrected chi connectivity index (χ3v) is 3.38. The number of carbonyl (C=O) groups is 1. The molecular formula is C10H15NO2S. The average Bonchev–Trinajstić information content (AvgIpc) is 2.68. The van der Waals surface area contributed by atoms with Crippen LogP contribution in [-0.2, 0) is 4.74 Å². The summed E-state index contributed by atoms with van der Waals surface area (Å²) in [4.78, 5) is 16.0. The minimum Gasteiger partial charge on any atom is -0.465 e. The maximum atomic E-state index is 11.2. The van der Waals surface area contributed by atoms with Gasteiger partial charge in [-0.1, -0.05) is 13.8 Å². The lowest BCUT2D eigenvalue weighted by atomic mass is 10.1. The molecule has 0 saturated carbocycles. The Bertz CT molecular complexity index is 305. The van der Waals surface area contributed by atoms with Crippen LogP contribution in [0.1, 0.15) is 47.3 Å². The SMILES string of the molecule is CCC(CC)c1ncc(C(=O)OC)s1. The van der Waals surface area contributed by atoms with Gasteiger partial charge in [0.05, 0.1) is 18.3 Å². The van der Waals surface area contributed by atoms with Crippen molar-refractivity contribution in [2.45, 2.75) is 32.6 Å². The zero-order valence-electron chi connectivity index (χ0n) is 8.74. The molecule has 4 heteroatoms. The number of esters is 1. The third-order valence-electron chi connectivity index (χ3n) is 2.24. The first-order chi connectivity index (χ1) is 6.72. The van der Waals surface area contributed by atoms with Gasteiger partial charge in [-0.3, -0.25) is 0 Å². The molecule has 0 aliphatic heterocycles. The topological polar surface area (TPSA) is 39.2 Å². The van der Waals surface area contributed by atoms with Crippen LogP contribution in [0.5, 0.6) is 0 Å². The standard InChI is InChI=1S/C10H15NO2S/c1-4-7(5-2)9-11-6-8(14-9)10(12)13-3/h6-7H,4-5H2,1-3H3. The van der Waals surface area contributed by atoms with Crippen molar-refractivity contribution in [1.29, 1.82) is 0 Å². The highest BCUT2D eigenvalue weighted by atomic mass is 32.1. The summed E-state index contributed by atoms with van der Waals surface area (Å²) in [5.41, 5.74) is 0. The fourth-order valence-electron chi connectivity index (χ4n) is 1.31. The molecule has 0 N–H and O–H groups in total. The lowest BCUT2D eigenvalue weighted by Crippen LogP contribution is -1.97. The minimum absolute atomic E-state index is 0.292. The van der Waals surface area contributed by atoms with Gasteiger partial charge in [0.15, 0.2) is 0 Å². The normalized spacial score (nSPS) is 10.6. The van der Waals surface area contributed by atoms with Crippen molar-refractivity contribution in [2.24, 2.45) is 0 Å². The molecule has 1 aromatic rings. The van der Waals surface area contributed by atoms with E-state index in [-0.39, 0.29) is 5.97 Å². The van der Waals surface area contributed by atoms with E-state index in [2.05, 4.69) is 23.6 Å². The molecule has 3 nitrogen and oxygen atoms in total. The summed E-state index contributed by atoms with van der Waals surface area (Å²) in [5.74, 6) is 0.179. The molecule has 0 bridgehead atoms. The number of hydrogen-bond donors (Lipinski definition) is 0. The summed E-state index contributed by atoms with van der Waals surface area (Å²) in [5, 5.41) is 1.04. The van der Waals surface area contributed by atoms with E-state index < -0.39 is 0 Å². The first-order valence-electron chi connectivity index (χ1n) is 4.76. The molecule has 0 radical (unpaired) electrons. The number of nitrogens with zero attached hydrogens (tertiary/aromatic N) is 1. The number of thiazole rings is 1. The molecule has 0 saturated heterocycles. The van der Waals surface area contributed by atoms with Gasteiger partial charge in [-0.2, -0.15) is 0 Å². The quantitative estimate of drug-likeness (QED) is 0.722. The van der Waals surface area contributed by atoms with Crippen molar-refractivity contribution in [3.05, 3.63) is 16.1 Å². The Labute approximate surface area is 88.1 Å². The Hall–Kier alpha value is -0.900. The Balaban J connectivity index is 2.81. The molecule has 0 aliphatic carbocycles. The average molecular weight is 213 g/mol. The summed E-state index contributed by atoms with van der Waals surface area (Å²) < 4.78 is 4.63. The van der Waals surface area contributed by atoms with Gasteiger partial charge in [0.2, 0.25) is 0 Å². The van der Waals surface area contributed by atoms with Crippen LogP contribution in [0.15, 0.2) is 6.20 Å². The Morgan fingerprint density at radius 3 is 2.71 bits per heavy atom. The molecule has 14 heavy (non-hydrogen) atoms. The highest BCUT2D eigenvalue weighted by molar-refractivity contribution is 7.13. The Morgan fingerprint density at radius 1 is 1.57 bits per heavy atom. The van der Waals surface area contributed by atoms with E-state index in [9.17, 15) is 4.79 Å². The molecule has 1 aromatic heterocycles. The number of ether oxygens (including phenoxy) is 1. The summed E-state index contributed by atoms with van der Waals surface area (Å²) in [7, 11) is 1.39. The second kappa shape index (κ2) is 5.10. The van der Waals surface area contributed by atoms with Crippen molar-refractivity contribution in [3.63, 3.8) is 0 Å². The number of aromatic nitrogens is 1. The zero-order chi connectivity index (χ0) is 10.6. The van der Waals surface area contributed by atoms with Crippen LogP contribution in [0.2, 0.25) is 0 Å². The van der Waals surface area contributed by atoms with Gasteiger partial charge in [0.25, 0.3) is 0 Å². The van der Waals surface area contributed by atoms with Crippen molar-refractivity contribution < 1.29 is 9.53 Å². The highest BCUT2D eigenvalue weighted by Crippen LogP contribution is 2.27. The lowest BCUT2D eigenvalue weighted by Gasteiger charge is -2.06. The van der Waals surface area contributed by atoms with Gasteiger partial charge in [-0.15, -0.1) is 11.3 Å². The van der Waals surface area contributed by atoms with Gasteiger partial charge in [-0.25, -0.2) is 9.78 Å². The van der Waals surface area contributed by atoms with Gasteiger partial charge in [-0.05, 0) is 12.8 Å². The molecule has 0 amide bonds. The largest absolute Gasteiger partial charge is 0.465 e. The fourth-order valence-corrected chi connectivity index (χ4v) is 2.41. The first kappa shape index (κ1) is 11.2. The smallest absolute Gasteiger partial charge is 0.349 e. The summed E-state index contributed by atoms with van der Waals surface area (Å²) in [6.07, 6.45) is 3.72. The molecule has 0 fully saturated rings. The monoisotopic (exact) mass is 213 g/mol. The van der Waals surface area contributed by atoms with Gasteiger partial charge >= 0.3 is 5.97 Å². The van der Waals surface area contributed by atoms with Crippen LogP contribution < -0.4 is 0 Å². The third kappa shape index (κ3) is 2.32. The van der Waals surface area contributed by atoms with E-state index in [1.807, 2.05) is 0 Å². The maximum absolute atomic E-state index is 11.2. The van der Waals surface area contributed by atoms with E-state index in [1.165, 1.54) is 18.4 Å². The van der Waals surface area contributed by atoms with Crippen LogP contribution in [-0.4, -0.2) is 18.1 Å². The van der Waals surface area contributed by atoms with E-state index in [1.54, 1.807) is 6.20 Å². The zero-order valence-corrected chi connectivity index (χ0v) is 9.56. The number of rotatable bonds is 4. The molecule has 0 aliphatic rings. The van der Waals surface area contributed by atoms with Crippen molar-refractivity contribution in [2.75, 3.05) is 7.11 Å². The predicted octanol–water partition coefficient (Wildman–Crippen LogP) is 2.83. The molecule has 0 atom stereocenters. The van der Waals surface area contributed by atoms with E-state index in [0.717, 1.165) is 17.8 Å². The second-order valence-electron chi connectivity index (χ2n) is 3.07. The van der Waals surface area contributed by atoms with Gasteiger partial charge in [0, 0.05) is 5.92 Å². The van der Waals surface area contributed by atoms with Crippen LogP contribution in [0, 0.1) is 0 Å². The molecule has 1 heterocycles. The fraction of sp³-hybridized carbons (Fsp3) is 0.600. The van der Waals surface area contributed by atoms with Crippen LogP contribution in [0.3, 0.4) is 0 Å². The predicted molar refractivity (Wildman–Crippen MR) is 56.8 cm³/mol. The summed E-state index contributed by atoms with van der Waals surface area (Å²) in [6.45, 7) is 4.26. The molecule has 0 unspecified atom stereocenters. The lowest BCUT2D eigenvalue weighted by molar-refractivity contribution is 0.0606. The molecule has 0 aromatic carbocycles. The van der Waals surface area contributed by atoms with Crippen LogP contribution in [0.25, 0.3) is 0 Å². The highest BCUT2D eigenvalue weighted by Gasteiger charge is 2.15. The number of carbonyl (C=O) groups excluding carboxylic acids is 1. The summed E-state index contributed by atoms with van der Waals surface area (Å²) >= 11 is 1.44. The van der Waals surface area contributed by atoms with Crippen LogP contribution >= 0.6 is 11.3 Å². The van der Waals surface area contributed by atoms with Crippen molar-refractivity contribution in [1.82, 2.24) is 4.98 Å². The summed E-state index contributed by atoms with van der Waals surface area (Å²) in [6, 6.07) is 0. The van der Waals surface area contributed by atoms with Crippen molar-refractivity contribution in [3.8, 4) is 0 Å². The van der Waals surface area contributed by atoms with Gasteiger partial charge < -0.3 is 4.74 Å². The minimum atomic E-state index is -0.292. The van der Waals surface area contributed by atoms with E-state index >= 15 is 0 Å². The molecule has 78 valence electrons. The number of methoxy groups -OCH3 is 1. The Morgan fingerprint density at radius 2 is 2.21 bits per heavy atom. The molecule has 0 spiro atoms. The second-order valence-corrected chi connectivity index (χ2v) is 4.13. The van der Waals surface area contributed by atoms with E-state index in [4.69, 9.17) is 0 Å². The molecule has 1 rings (SSSR count). The first-order valence-corrected chi connectivity index (χ1v) is 5.58. The Kier molecular flexibility index (Phi) is 4.07. The molecular weight excluding hydrogens is 198 g/mol. The van der Waals surface area contributed by atoms with Gasteiger partial charge in [0.1, 0.15) is 4.88 Å².